The molecule has 1 rings (SSSR count). The molecule has 0 radical (unpaired) electrons. The van der Waals surface area contributed by atoms with E-state index in [4.69, 9.17) is 0 Å². The fraction of sp³-hybridized carbons (Fsp3) is 0.500. The van der Waals surface area contributed by atoms with Gasteiger partial charge in [0.15, 0.2) is 0 Å². The minimum atomic E-state index is -0.749. The summed E-state index contributed by atoms with van der Waals surface area (Å²) in [6.07, 6.45) is 2.69. The predicted molar refractivity (Wildman–Crippen MR) is 80.4 cm³/mol. The van der Waals surface area contributed by atoms with Crippen molar-refractivity contribution < 1.29 is 13.6 Å². The summed E-state index contributed by atoms with van der Waals surface area (Å²) < 4.78 is 27.5. The lowest BCUT2D eigenvalue weighted by Crippen LogP contribution is -2.29. The monoisotopic (exact) mass is 302 g/mol. The second-order valence-corrected chi connectivity index (χ2v) is 5.77. The Morgan fingerprint density at radius 2 is 1.95 bits per heavy atom. The maximum Gasteiger partial charge on any atom is 0.251 e. The molecule has 0 saturated carbocycles. The van der Waals surface area contributed by atoms with Gasteiger partial charge in [-0.05, 0) is 24.8 Å². The van der Waals surface area contributed by atoms with Gasteiger partial charge in [0.1, 0.15) is 17.3 Å². The fourth-order valence-corrected chi connectivity index (χ4v) is 1.79. The van der Waals surface area contributed by atoms with Crippen LogP contribution in [0.4, 0.5) is 14.5 Å². The molecular formula is C14H20F2N2OS. The normalized spacial score (nSPS) is 12.1. The van der Waals surface area contributed by atoms with Crippen LogP contribution in [0.3, 0.4) is 0 Å². The molecule has 0 aliphatic rings. The quantitative estimate of drug-likeness (QED) is 0.812. The van der Waals surface area contributed by atoms with Crippen LogP contribution in [0, 0.1) is 11.6 Å². The third-order valence-corrected chi connectivity index (χ3v) is 3.78. The summed E-state index contributed by atoms with van der Waals surface area (Å²) in [6.45, 7) is 4.80. The number of rotatable bonds is 7. The molecule has 20 heavy (non-hydrogen) atoms. The molecule has 0 heterocycles. The van der Waals surface area contributed by atoms with Crippen molar-refractivity contribution in [3.05, 3.63) is 29.3 Å². The molecule has 0 bridgehead atoms. The first-order valence-electron chi connectivity index (χ1n) is 6.53. The van der Waals surface area contributed by atoms with E-state index in [1.54, 1.807) is 11.8 Å². The third-order valence-electron chi connectivity index (χ3n) is 2.81. The highest BCUT2D eigenvalue weighted by atomic mass is 32.2. The number of hydrogen-bond acceptors (Lipinski definition) is 3. The van der Waals surface area contributed by atoms with Gasteiger partial charge in [-0.3, -0.25) is 4.79 Å². The third kappa shape index (κ3) is 4.67. The number of halogens is 2. The molecule has 1 amide bonds. The molecule has 0 aliphatic carbocycles. The zero-order chi connectivity index (χ0) is 15.1. The summed E-state index contributed by atoms with van der Waals surface area (Å²) >= 11 is 1.61. The highest BCUT2D eigenvalue weighted by Crippen LogP contribution is 2.21. The Morgan fingerprint density at radius 1 is 1.35 bits per heavy atom. The first-order chi connectivity index (χ1) is 9.49. The van der Waals surface area contributed by atoms with Crippen molar-refractivity contribution in [2.24, 2.45) is 0 Å². The first kappa shape index (κ1) is 16.8. The van der Waals surface area contributed by atoms with Gasteiger partial charge in [0.25, 0.3) is 5.91 Å². The maximum absolute atomic E-state index is 13.8. The largest absolute Gasteiger partial charge is 0.380 e. The van der Waals surface area contributed by atoms with Crippen LogP contribution in [-0.2, 0) is 0 Å². The number of carbonyl (C=O) groups is 1. The average molecular weight is 302 g/mol. The number of hydrogen-bond donors (Lipinski definition) is 2. The molecule has 1 atom stereocenters. The lowest BCUT2D eigenvalue weighted by molar-refractivity contribution is 0.0953. The number of nitrogens with one attached hydrogen (secondary N) is 2. The van der Waals surface area contributed by atoms with Crippen LogP contribution in [0.2, 0.25) is 0 Å². The lowest BCUT2D eigenvalue weighted by atomic mass is 10.1. The molecule has 2 N–H and O–H groups in total. The average Bonchev–Trinajstić information content (AvgIpc) is 2.43. The van der Waals surface area contributed by atoms with Crippen molar-refractivity contribution in [2.75, 3.05) is 24.7 Å². The Hall–Kier alpha value is -1.30. The summed E-state index contributed by atoms with van der Waals surface area (Å²) in [5.41, 5.74) is -0.184. The van der Waals surface area contributed by atoms with Crippen LogP contribution in [-0.4, -0.2) is 30.5 Å². The van der Waals surface area contributed by atoms with E-state index in [0.29, 0.717) is 13.1 Å². The standard InChI is InChI=1S/C14H20F2N2OS/c1-4-5-17-13-11(15)6-10(7-12(13)16)14(19)18-8-9(2)20-3/h6-7,9,17H,4-5,8H2,1-3H3,(H,18,19). The number of benzene rings is 1. The second kappa shape index (κ2) is 8.09. The van der Waals surface area contributed by atoms with Gasteiger partial charge in [0.2, 0.25) is 0 Å². The second-order valence-electron chi connectivity index (χ2n) is 4.50. The summed E-state index contributed by atoms with van der Waals surface area (Å²) in [7, 11) is 0. The Bertz CT molecular complexity index is 445. The van der Waals surface area contributed by atoms with Crippen molar-refractivity contribution in [3.8, 4) is 0 Å². The molecule has 6 heteroatoms. The Morgan fingerprint density at radius 3 is 2.45 bits per heavy atom. The van der Waals surface area contributed by atoms with Crippen LogP contribution >= 0.6 is 11.8 Å². The zero-order valence-electron chi connectivity index (χ0n) is 11.9. The highest BCUT2D eigenvalue weighted by molar-refractivity contribution is 7.99. The van der Waals surface area contributed by atoms with Crippen molar-refractivity contribution in [3.63, 3.8) is 0 Å². The number of thioether (sulfide) groups is 1. The molecule has 0 fully saturated rings. The number of carbonyl (C=O) groups excluding carboxylic acids is 1. The van der Waals surface area contributed by atoms with Crippen LogP contribution in [0.25, 0.3) is 0 Å². The zero-order valence-corrected chi connectivity index (χ0v) is 12.7. The maximum atomic E-state index is 13.8. The van der Waals surface area contributed by atoms with Gasteiger partial charge in [-0.1, -0.05) is 13.8 Å². The fourth-order valence-electron chi connectivity index (χ4n) is 1.54. The van der Waals surface area contributed by atoms with E-state index in [2.05, 4.69) is 10.6 Å². The minimum absolute atomic E-state index is 0.00430. The van der Waals surface area contributed by atoms with Crippen LogP contribution < -0.4 is 10.6 Å². The van der Waals surface area contributed by atoms with E-state index in [-0.39, 0.29) is 16.5 Å². The summed E-state index contributed by atoms with van der Waals surface area (Å²) in [5.74, 6) is -1.96. The molecular weight excluding hydrogens is 282 g/mol. The van der Waals surface area contributed by atoms with E-state index < -0.39 is 17.5 Å². The van der Waals surface area contributed by atoms with Crippen LogP contribution in [0.5, 0.6) is 0 Å². The van der Waals surface area contributed by atoms with Crippen LogP contribution in [0.1, 0.15) is 30.6 Å². The summed E-state index contributed by atoms with van der Waals surface area (Å²) in [6, 6.07) is 2.11. The van der Waals surface area contributed by atoms with Gasteiger partial charge < -0.3 is 10.6 Å². The molecule has 0 spiro atoms. The Kier molecular flexibility index (Phi) is 6.78. The molecule has 3 nitrogen and oxygen atoms in total. The molecule has 0 saturated heterocycles. The van der Waals surface area contributed by atoms with E-state index in [1.165, 1.54) is 0 Å². The summed E-state index contributed by atoms with van der Waals surface area (Å²) in [4.78, 5) is 11.8. The smallest absolute Gasteiger partial charge is 0.251 e. The van der Waals surface area contributed by atoms with E-state index in [1.807, 2.05) is 20.1 Å². The van der Waals surface area contributed by atoms with Gasteiger partial charge in [-0.15, -0.1) is 0 Å². The van der Waals surface area contributed by atoms with E-state index in [9.17, 15) is 13.6 Å². The van der Waals surface area contributed by atoms with Crippen molar-refractivity contribution >= 4 is 23.4 Å². The van der Waals surface area contributed by atoms with Crippen molar-refractivity contribution in [2.45, 2.75) is 25.5 Å². The molecule has 1 aromatic carbocycles. The van der Waals surface area contributed by atoms with E-state index in [0.717, 1.165) is 18.6 Å². The van der Waals surface area contributed by atoms with E-state index >= 15 is 0 Å². The predicted octanol–water partition coefficient (Wildman–Crippen LogP) is 3.27. The first-order valence-corrected chi connectivity index (χ1v) is 7.82. The number of anilines is 1. The van der Waals surface area contributed by atoms with Gasteiger partial charge in [0, 0.05) is 23.9 Å². The molecule has 1 aromatic rings. The minimum Gasteiger partial charge on any atom is -0.380 e. The molecule has 0 aromatic heterocycles. The van der Waals surface area contributed by atoms with Gasteiger partial charge in [0.05, 0.1) is 0 Å². The van der Waals surface area contributed by atoms with Crippen LogP contribution in [0.15, 0.2) is 12.1 Å². The van der Waals surface area contributed by atoms with Crippen molar-refractivity contribution in [1.82, 2.24) is 5.32 Å². The lowest BCUT2D eigenvalue weighted by Gasteiger charge is -2.12. The topological polar surface area (TPSA) is 41.1 Å². The molecule has 112 valence electrons. The SMILES string of the molecule is CCCNc1c(F)cc(C(=O)NCC(C)SC)cc1F. The highest BCUT2D eigenvalue weighted by Gasteiger charge is 2.15. The number of amides is 1. The molecule has 1 unspecified atom stereocenters. The Labute approximate surface area is 122 Å². The molecule has 0 aliphatic heterocycles. The van der Waals surface area contributed by atoms with Crippen molar-refractivity contribution in [1.29, 1.82) is 0 Å². The van der Waals surface area contributed by atoms with Gasteiger partial charge >= 0.3 is 0 Å². The van der Waals surface area contributed by atoms with Gasteiger partial charge in [-0.25, -0.2) is 8.78 Å². The Balaban J connectivity index is 2.79. The summed E-state index contributed by atoms with van der Waals surface area (Å²) in [5, 5.41) is 5.57. The van der Waals surface area contributed by atoms with Gasteiger partial charge in [-0.2, -0.15) is 11.8 Å².